The number of halogens is 3. The van der Waals surface area contributed by atoms with Gasteiger partial charge in [-0.05, 0) is 44.1 Å². The zero-order chi connectivity index (χ0) is 13.9. The summed E-state index contributed by atoms with van der Waals surface area (Å²) in [6.07, 6.45) is -1.95. The van der Waals surface area contributed by atoms with Crippen molar-refractivity contribution in [3.8, 4) is 0 Å². The standard InChI is InChI=1S/C14H19F3N2/c1-19(13-3-2-8-18-9-13)10-11-4-6-12(7-5-11)14(15,16)17/h4-7,13,18H,2-3,8-10H2,1H3. The maximum Gasteiger partial charge on any atom is 0.416 e. The van der Waals surface area contributed by atoms with Crippen molar-refractivity contribution < 1.29 is 13.2 Å². The molecular formula is C14H19F3N2. The second kappa shape index (κ2) is 5.92. The van der Waals surface area contributed by atoms with Gasteiger partial charge in [-0.15, -0.1) is 0 Å². The van der Waals surface area contributed by atoms with Crippen molar-refractivity contribution in [3.05, 3.63) is 35.4 Å². The highest BCUT2D eigenvalue weighted by atomic mass is 19.4. The number of benzene rings is 1. The molecule has 0 saturated carbocycles. The first-order chi connectivity index (χ1) is 8.97. The Morgan fingerprint density at radius 3 is 2.47 bits per heavy atom. The first-order valence-electron chi connectivity index (χ1n) is 6.54. The predicted molar refractivity (Wildman–Crippen MR) is 68.8 cm³/mol. The van der Waals surface area contributed by atoms with Gasteiger partial charge in [-0.3, -0.25) is 4.90 Å². The van der Waals surface area contributed by atoms with Crippen LogP contribution in [0.25, 0.3) is 0 Å². The van der Waals surface area contributed by atoms with Crippen LogP contribution in [-0.4, -0.2) is 31.1 Å². The number of alkyl halides is 3. The van der Waals surface area contributed by atoms with E-state index in [0.717, 1.165) is 43.6 Å². The van der Waals surface area contributed by atoms with Crippen molar-refractivity contribution in [2.45, 2.75) is 31.6 Å². The molecule has 0 radical (unpaired) electrons. The van der Waals surface area contributed by atoms with Gasteiger partial charge in [0.2, 0.25) is 0 Å². The quantitative estimate of drug-likeness (QED) is 0.910. The summed E-state index contributed by atoms with van der Waals surface area (Å²) in [5.74, 6) is 0. The lowest BCUT2D eigenvalue weighted by molar-refractivity contribution is -0.137. The minimum Gasteiger partial charge on any atom is -0.315 e. The molecule has 1 unspecified atom stereocenters. The largest absolute Gasteiger partial charge is 0.416 e. The summed E-state index contributed by atoms with van der Waals surface area (Å²) < 4.78 is 37.4. The summed E-state index contributed by atoms with van der Waals surface area (Å²) in [4.78, 5) is 2.20. The molecule has 0 amide bonds. The fourth-order valence-electron chi connectivity index (χ4n) is 2.43. The van der Waals surface area contributed by atoms with Crippen LogP contribution >= 0.6 is 0 Å². The van der Waals surface area contributed by atoms with E-state index in [1.807, 2.05) is 7.05 Å². The first-order valence-corrected chi connectivity index (χ1v) is 6.54. The van der Waals surface area contributed by atoms with Crippen molar-refractivity contribution in [1.82, 2.24) is 10.2 Å². The van der Waals surface area contributed by atoms with Crippen molar-refractivity contribution in [2.75, 3.05) is 20.1 Å². The monoisotopic (exact) mass is 272 g/mol. The second-order valence-corrected chi connectivity index (χ2v) is 5.11. The smallest absolute Gasteiger partial charge is 0.315 e. The van der Waals surface area contributed by atoms with Crippen LogP contribution in [0, 0.1) is 0 Å². The Hall–Kier alpha value is -1.07. The van der Waals surface area contributed by atoms with Crippen molar-refractivity contribution >= 4 is 0 Å². The van der Waals surface area contributed by atoms with Crippen LogP contribution in [-0.2, 0) is 12.7 Å². The summed E-state index contributed by atoms with van der Waals surface area (Å²) in [5, 5.41) is 3.34. The molecule has 1 aromatic rings. The van der Waals surface area contributed by atoms with Gasteiger partial charge in [0.25, 0.3) is 0 Å². The van der Waals surface area contributed by atoms with Gasteiger partial charge >= 0.3 is 6.18 Å². The number of piperidine rings is 1. The number of hydrogen-bond acceptors (Lipinski definition) is 2. The van der Waals surface area contributed by atoms with Crippen molar-refractivity contribution in [1.29, 1.82) is 0 Å². The van der Waals surface area contributed by atoms with E-state index in [1.54, 1.807) is 12.1 Å². The van der Waals surface area contributed by atoms with Crippen LogP contribution in [0.5, 0.6) is 0 Å². The van der Waals surface area contributed by atoms with Crippen molar-refractivity contribution in [2.24, 2.45) is 0 Å². The number of likely N-dealkylation sites (N-methyl/N-ethyl adjacent to an activating group) is 1. The average Bonchev–Trinajstić information content (AvgIpc) is 2.39. The minimum absolute atomic E-state index is 0.469. The molecule has 0 bridgehead atoms. The summed E-state index contributed by atoms with van der Waals surface area (Å²) in [5.41, 5.74) is 0.333. The lowest BCUT2D eigenvalue weighted by Crippen LogP contribution is -2.43. The van der Waals surface area contributed by atoms with Crippen LogP contribution in [0.3, 0.4) is 0 Å². The van der Waals surface area contributed by atoms with Crippen LogP contribution < -0.4 is 5.32 Å². The Bertz CT molecular complexity index is 394. The highest BCUT2D eigenvalue weighted by molar-refractivity contribution is 5.24. The van der Waals surface area contributed by atoms with Gasteiger partial charge < -0.3 is 5.32 Å². The first kappa shape index (κ1) is 14.3. The highest BCUT2D eigenvalue weighted by Gasteiger charge is 2.30. The zero-order valence-corrected chi connectivity index (χ0v) is 11.0. The van der Waals surface area contributed by atoms with E-state index < -0.39 is 11.7 Å². The molecule has 1 heterocycles. The summed E-state index contributed by atoms with van der Waals surface area (Å²) >= 11 is 0. The summed E-state index contributed by atoms with van der Waals surface area (Å²) in [7, 11) is 2.02. The van der Waals surface area contributed by atoms with Crippen LogP contribution in [0.15, 0.2) is 24.3 Å². The number of hydrogen-bond donors (Lipinski definition) is 1. The van der Waals surface area contributed by atoms with Crippen LogP contribution in [0.1, 0.15) is 24.0 Å². The Labute approximate surface area is 111 Å². The van der Waals surface area contributed by atoms with Gasteiger partial charge in [0.15, 0.2) is 0 Å². The lowest BCUT2D eigenvalue weighted by atomic mass is 10.1. The van der Waals surface area contributed by atoms with E-state index in [-0.39, 0.29) is 0 Å². The number of nitrogens with one attached hydrogen (secondary N) is 1. The maximum absolute atomic E-state index is 12.5. The average molecular weight is 272 g/mol. The Kier molecular flexibility index (Phi) is 4.47. The van der Waals surface area contributed by atoms with Crippen molar-refractivity contribution in [3.63, 3.8) is 0 Å². The molecule has 2 rings (SSSR count). The number of rotatable bonds is 3. The lowest BCUT2D eigenvalue weighted by Gasteiger charge is -2.31. The molecule has 106 valence electrons. The Balaban J connectivity index is 1.95. The van der Waals surface area contributed by atoms with E-state index >= 15 is 0 Å². The summed E-state index contributed by atoms with van der Waals surface area (Å²) in [6.45, 7) is 2.70. The van der Waals surface area contributed by atoms with E-state index in [2.05, 4.69) is 10.2 Å². The Morgan fingerprint density at radius 2 is 1.95 bits per heavy atom. The van der Waals surface area contributed by atoms with E-state index in [4.69, 9.17) is 0 Å². The molecule has 1 saturated heterocycles. The van der Waals surface area contributed by atoms with Gasteiger partial charge in [-0.1, -0.05) is 12.1 Å². The maximum atomic E-state index is 12.5. The van der Waals surface area contributed by atoms with Gasteiger partial charge in [-0.25, -0.2) is 0 Å². The third-order valence-electron chi connectivity index (χ3n) is 3.61. The summed E-state index contributed by atoms with van der Waals surface area (Å²) in [6, 6.07) is 5.91. The normalized spacial score (nSPS) is 20.8. The molecule has 1 fully saturated rings. The fourth-order valence-corrected chi connectivity index (χ4v) is 2.43. The molecule has 1 aromatic carbocycles. The molecule has 2 nitrogen and oxygen atoms in total. The van der Waals surface area contributed by atoms with Gasteiger partial charge in [0, 0.05) is 19.1 Å². The molecule has 0 aromatic heterocycles. The SMILES string of the molecule is CN(Cc1ccc(C(F)(F)F)cc1)C1CCCNC1. The zero-order valence-electron chi connectivity index (χ0n) is 11.0. The van der Waals surface area contributed by atoms with Gasteiger partial charge in [0.1, 0.15) is 0 Å². The van der Waals surface area contributed by atoms with E-state index in [9.17, 15) is 13.2 Å². The van der Waals surface area contributed by atoms with Gasteiger partial charge in [0.05, 0.1) is 5.56 Å². The van der Waals surface area contributed by atoms with Crippen LogP contribution in [0.4, 0.5) is 13.2 Å². The molecule has 1 aliphatic rings. The molecule has 1 atom stereocenters. The van der Waals surface area contributed by atoms with E-state index in [1.165, 1.54) is 0 Å². The van der Waals surface area contributed by atoms with E-state index in [0.29, 0.717) is 12.6 Å². The predicted octanol–water partition coefficient (Wildman–Crippen LogP) is 2.89. The molecule has 0 spiro atoms. The minimum atomic E-state index is -4.25. The molecule has 0 aliphatic carbocycles. The van der Waals surface area contributed by atoms with Crippen LogP contribution in [0.2, 0.25) is 0 Å². The topological polar surface area (TPSA) is 15.3 Å². The molecule has 1 aliphatic heterocycles. The van der Waals surface area contributed by atoms with Gasteiger partial charge in [-0.2, -0.15) is 13.2 Å². The highest BCUT2D eigenvalue weighted by Crippen LogP contribution is 2.29. The molecule has 19 heavy (non-hydrogen) atoms. The third kappa shape index (κ3) is 3.94. The molecule has 5 heteroatoms. The molecular weight excluding hydrogens is 253 g/mol. The molecule has 1 N–H and O–H groups in total. The Morgan fingerprint density at radius 1 is 1.26 bits per heavy atom. The second-order valence-electron chi connectivity index (χ2n) is 5.11. The third-order valence-corrected chi connectivity index (χ3v) is 3.61. The fraction of sp³-hybridized carbons (Fsp3) is 0.571. The number of nitrogens with zero attached hydrogens (tertiary/aromatic N) is 1.